The zero-order chi connectivity index (χ0) is 20.1. The van der Waals surface area contributed by atoms with Crippen LogP contribution in [0.25, 0.3) is 0 Å². The summed E-state index contributed by atoms with van der Waals surface area (Å²) in [5, 5.41) is 6.09. The summed E-state index contributed by atoms with van der Waals surface area (Å²) < 4.78 is 0. The van der Waals surface area contributed by atoms with Gasteiger partial charge in [0.2, 0.25) is 5.91 Å². The Labute approximate surface area is 167 Å². The number of hydrogen-bond donors (Lipinski definition) is 2. The number of piperidine rings is 1. The van der Waals surface area contributed by atoms with Crippen molar-refractivity contribution in [2.75, 3.05) is 30.3 Å². The molecule has 1 heterocycles. The molecule has 1 saturated heterocycles. The van der Waals surface area contributed by atoms with E-state index in [0.29, 0.717) is 11.5 Å². The van der Waals surface area contributed by atoms with Crippen LogP contribution >= 0.6 is 0 Å². The number of rotatable bonds is 5. The molecule has 0 spiro atoms. The number of amides is 2. The molecule has 1 aliphatic heterocycles. The predicted molar refractivity (Wildman–Crippen MR) is 114 cm³/mol. The average molecular weight is 380 g/mol. The van der Waals surface area contributed by atoms with E-state index in [4.69, 9.17) is 0 Å². The molecule has 0 aromatic heterocycles. The van der Waals surface area contributed by atoms with Crippen molar-refractivity contribution in [3.05, 3.63) is 59.2 Å². The lowest BCUT2D eigenvalue weighted by Crippen LogP contribution is -2.37. The van der Waals surface area contributed by atoms with Crippen molar-refractivity contribution in [1.82, 2.24) is 4.90 Å². The fourth-order valence-electron chi connectivity index (χ4n) is 3.53. The Bertz CT molecular complexity index is 834. The Hall–Kier alpha value is -2.82. The first-order valence-corrected chi connectivity index (χ1v) is 9.93. The van der Waals surface area contributed by atoms with Crippen molar-refractivity contribution in [3.8, 4) is 0 Å². The number of aryl methyl sites for hydroxylation is 2. The van der Waals surface area contributed by atoms with Gasteiger partial charge in [0.15, 0.2) is 0 Å². The molecule has 1 aliphatic rings. The first-order valence-electron chi connectivity index (χ1n) is 9.93. The minimum absolute atomic E-state index is 0.0653. The van der Waals surface area contributed by atoms with E-state index >= 15 is 0 Å². The number of carbonyl (C=O) groups excluding carboxylic acids is 2. The number of carbonyl (C=O) groups is 2. The number of benzene rings is 2. The number of nitrogens with zero attached hydrogens (tertiary/aromatic N) is 1. The first kappa shape index (κ1) is 19.9. The quantitative estimate of drug-likeness (QED) is 0.817. The zero-order valence-electron chi connectivity index (χ0n) is 16.9. The highest BCUT2D eigenvalue weighted by Crippen LogP contribution is 2.21. The normalized spacial score (nSPS) is 14.6. The van der Waals surface area contributed by atoms with Crippen LogP contribution in [0, 0.1) is 19.8 Å². The predicted octanol–water partition coefficient (Wildman–Crippen LogP) is 4.23. The topological polar surface area (TPSA) is 61.4 Å². The summed E-state index contributed by atoms with van der Waals surface area (Å²) in [7, 11) is 0. The van der Waals surface area contributed by atoms with E-state index in [9.17, 15) is 9.59 Å². The van der Waals surface area contributed by atoms with Gasteiger partial charge in [-0.3, -0.25) is 9.59 Å². The van der Waals surface area contributed by atoms with Gasteiger partial charge in [0, 0.05) is 30.0 Å². The summed E-state index contributed by atoms with van der Waals surface area (Å²) in [5.41, 5.74) is 4.37. The standard InChI is InChI=1S/C23H29N3O2/c1-16-10-12-26(13-11-16)23(28)19-8-5-9-20(14-19)24-15-21(27)25-22-17(2)6-4-7-18(22)3/h4-9,14,16,24H,10-13,15H2,1-3H3,(H,25,27). The van der Waals surface area contributed by atoms with Gasteiger partial charge in [0.05, 0.1) is 6.54 Å². The Kier molecular flexibility index (Phi) is 6.34. The average Bonchev–Trinajstić information content (AvgIpc) is 2.69. The summed E-state index contributed by atoms with van der Waals surface area (Å²) in [6.45, 7) is 7.97. The molecule has 28 heavy (non-hydrogen) atoms. The lowest BCUT2D eigenvalue weighted by Gasteiger charge is -2.30. The highest BCUT2D eigenvalue weighted by Gasteiger charge is 2.21. The van der Waals surface area contributed by atoms with E-state index in [1.54, 1.807) is 0 Å². The summed E-state index contributed by atoms with van der Waals surface area (Å²) in [6, 6.07) is 13.3. The van der Waals surface area contributed by atoms with E-state index in [1.165, 1.54) is 0 Å². The van der Waals surface area contributed by atoms with Crippen LogP contribution in [0.1, 0.15) is 41.3 Å². The van der Waals surface area contributed by atoms with Gasteiger partial charge < -0.3 is 15.5 Å². The van der Waals surface area contributed by atoms with Crippen LogP contribution in [0.15, 0.2) is 42.5 Å². The Morgan fingerprint density at radius 3 is 2.36 bits per heavy atom. The molecule has 0 unspecified atom stereocenters. The largest absolute Gasteiger partial charge is 0.376 e. The lowest BCUT2D eigenvalue weighted by molar-refractivity contribution is -0.114. The maximum absolute atomic E-state index is 12.7. The molecule has 3 rings (SSSR count). The fourth-order valence-corrected chi connectivity index (χ4v) is 3.53. The summed E-state index contributed by atoms with van der Waals surface area (Å²) >= 11 is 0. The SMILES string of the molecule is Cc1cccc(C)c1NC(=O)CNc1cccc(C(=O)N2CCC(C)CC2)c1. The van der Waals surface area contributed by atoms with Crippen LogP contribution in [0.5, 0.6) is 0 Å². The molecule has 0 atom stereocenters. The molecule has 148 valence electrons. The number of anilines is 2. The van der Waals surface area contributed by atoms with E-state index in [1.807, 2.05) is 61.2 Å². The summed E-state index contributed by atoms with van der Waals surface area (Å²) in [4.78, 5) is 27.0. The number of likely N-dealkylation sites (tertiary alicyclic amines) is 1. The molecule has 2 N–H and O–H groups in total. The molecule has 1 fully saturated rings. The van der Waals surface area contributed by atoms with Crippen LogP contribution in [-0.4, -0.2) is 36.3 Å². The summed E-state index contributed by atoms with van der Waals surface area (Å²) in [6.07, 6.45) is 2.12. The van der Waals surface area contributed by atoms with Crippen LogP contribution < -0.4 is 10.6 Å². The molecule has 5 nitrogen and oxygen atoms in total. The number of nitrogens with one attached hydrogen (secondary N) is 2. The second-order valence-corrected chi connectivity index (χ2v) is 7.72. The molecule has 2 aromatic carbocycles. The van der Waals surface area contributed by atoms with Crippen molar-refractivity contribution in [2.24, 2.45) is 5.92 Å². The van der Waals surface area contributed by atoms with Gasteiger partial charge in [-0.15, -0.1) is 0 Å². The molecule has 2 amide bonds. The third-order valence-electron chi connectivity index (χ3n) is 5.38. The van der Waals surface area contributed by atoms with Crippen molar-refractivity contribution in [3.63, 3.8) is 0 Å². The van der Waals surface area contributed by atoms with Crippen molar-refractivity contribution < 1.29 is 9.59 Å². The third-order valence-corrected chi connectivity index (χ3v) is 5.38. The fraction of sp³-hybridized carbons (Fsp3) is 0.391. The molecular formula is C23H29N3O2. The highest BCUT2D eigenvalue weighted by molar-refractivity contribution is 5.96. The Morgan fingerprint density at radius 2 is 1.68 bits per heavy atom. The van der Waals surface area contributed by atoms with E-state index < -0.39 is 0 Å². The smallest absolute Gasteiger partial charge is 0.253 e. The Balaban J connectivity index is 1.58. The lowest BCUT2D eigenvalue weighted by atomic mass is 9.98. The van der Waals surface area contributed by atoms with E-state index in [0.717, 1.165) is 48.4 Å². The van der Waals surface area contributed by atoms with Crippen molar-refractivity contribution >= 4 is 23.2 Å². The van der Waals surface area contributed by atoms with Gasteiger partial charge in [-0.1, -0.05) is 31.2 Å². The van der Waals surface area contributed by atoms with Gasteiger partial charge in [0.1, 0.15) is 0 Å². The van der Waals surface area contributed by atoms with Crippen LogP contribution in [-0.2, 0) is 4.79 Å². The third kappa shape index (κ3) is 4.91. The monoisotopic (exact) mass is 379 g/mol. The minimum atomic E-state index is -0.112. The molecule has 0 bridgehead atoms. The van der Waals surface area contributed by atoms with E-state index in [2.05, 4.69) is 17.6 Å². The van der Waals surface area contributed by atoms with Gasteiger partial charge in [-0.2, -0.15) is 0 Å². The molecule has 5 heteroatoms. The van der Waals surface area contributed by atoms with Crippen molar-refractivity contribution in [2.45, 2.75) is 33.6 Å². The molecule has 0 aliphatic carbocycles. The second-order valence-electron chi connectivity index (χ2n) is 7.72. The van der Waals surface area contributed by atoms with Gasteiger partial charge >= 0.3 is 0 Å². The highest BCUT2D eigenvalue weighted by atomic mass is 16.2. The zero-order valence-corrected chi connectivity index (χ0v) is 16.9. The van der Waals surface area contributed by atoms with Gasteiger partial charge in [-0.25, -0.2) is 0 Å². The molecular weight excluding hydrogens is 350 g/mol. The molecule has 0 saturated carbocycles. The van der Waals surface area contributed by atoms with Gasteiger partial charge in [-0.05, 0) is 61.9 Å². The van der Waals surface area contributed by atoms with Crippen LogP contribution in [0.4, 0.5) is 11.4 Å². The Morgan fingerprint density at radius 1 is 1.04 bits per heavy atom. The number of para-hydroxylation sites is 1. The van der Waals surface area contributed by atoms with Crippen LogP contribution in [0.2, 0.25) is 0 Å². The summed E-state index contributed by atoms with van der Waals surface area (Å²) in [5.74, 6) is 0.641. The molecule has 2 aromatic rings. The number of hydrogen-bond acceptors (Lipinski definition) is 3. The molecule has 0 radical (unpaired) electrons. The van der Waals surface area contributed by atoms with E-state index in [-0.39, 0.29) is 18.4 Å². The van der Waals surface area contributed by atoms with Crippen LogP contribution in [0.3, 0.4) is 0 Å². The maximum Gasteiger partial charge on any atom is 0.253 e. The van der Waals surface area contributed by atoms with Gasteiger partial charge in [0.25, 0.3) is 5.91 Å². The van der Waals surface area contributed by atoms with Crippen molar-refractivity contribution in [1.29, 1.82) is 0 Å². The second kappa shape index (κ2) is 8.91. The minimum Gasteiger partial charge on any atom is -0.376 e. The first-order chi connectivity index (χ1) is 13.4. The maximum atomic E-state index is 12.7.